The number of anilines is 1. The van der Waals surface area contributed by atoms with Crippen molar-refractivity contribution in [2.24, 2.45) is 0 Å². The fourth-order valence-electron chi connectivity index (χ4n) is 2.89. The number of hydrogen-bond acceptors (Lipinski definition) is 8. The van der Waals surface area contributed by atoms with Gasteiger partial charge >= 0.3 is 16.6 Å². The predicted octanol–water partition coefficient (Wildman–Crippen LogP) is 1.45. The van der Waals surface area contributed by atoms with Gasteiger partial charge in [-0.2, -0.15) is 36.5 Å². The summed E-state index contributed by atoms with van der Waals surface area (Å²) in [5.41, 5.74) is -2.76. The molecule has 36 heavy (non-hydrogen) atoms. The maximum absolute atomic E-state index is 13.1. The fourth-order valence-corrected chi connectivity index (χ4v) is 2.89. The molecule has 0 aliphatic heterocycles. The second kappa shape index (κ2) is 9.65. The van der Waals surface area contributed by atoms with E-state index in [1.165, 1.54) is 6.07 Å². The van der Waals surface area contributed by atoms with Gasteiger partial charge < -0.3 is 5.32 Å². The number of nitrogens with zero attached hydrogens (tertiary/aromatic N) is 6. The molecule has 0 aliphatic carbocycles. The number of fused-ring (bicyclic) bond motifs is 3. The molecule has 0 bridgehead atoms. The van der Waals surface area contributed by atoms with Crippen molar-refractivity contribution in [2.75, 3.05) is 5.32 Å². The van der Waals surface area contributed by atoms with Gasteiger partial charge in [-0.15, -0.1) is 0 Å². The maximum atomic E-state index is 13.1. The zero-order chi connectivity index (χ0) is 26.8. The summed E-state index contributed by atoms with van der Waals surface area (Å²) in [7, 11) is -4.67. The molecule has 4 rings (SSSR count). The van der Waals surface area contributed by atoms with Crippen molar-refractivity contribution in [1.82, 2.24) is 24.1 Å². The van der Waals surface area contributed by atoms with Gasteiger partial charge in [0, 0.05) is 6.07 Å². The number of nitrogens with one attached hydrogen (secondary N) is 1. The minimum Gasteiger partial charge on any atom is -0.309 e. The quantitative estimate of drug-likeness (QED) is 0.258. The largest absolute Gasteiger partial charge is 0.433 e. The molecule has 4 aromatic rings. The standard InChI is InChI=1S/C18H9F4N7O2.H2O4S/c19-9-1-4-13(24-7-9)26-14(30)8-28-15-5-10(6-23)27-29(15)16-11(17(28)31)2-3-12(25-16)18(20,21)22;1-5(2,3)4/h1-5,7H,8H2,(H,24,26,30);(H2,1,2,3,4). The highest BCUT2D eigenvalue weighted by Crippen LogP contribution is 2.28. The Balaban J connectivity index is 0.000000658. The molecule has 4 heterocycles. The van der Waals surface area contributed by atoms with Crippen LogP contribution in [0.2, 0.25) is 0 Å². The molecule has 13 nitrogen and oxygen atoms in total. The molecule has 0 saturated heterocycles. The average molecular weight is 529 g/mol. The Morgan fingerprint density at radius 2 is 1.86 bits per heavy atom. The van der Waals surface area contributed by atoms with Crippen molar-refractivity contribution < 1.29 is 39.9 Å². The molecule has 0 radical (unpaired) electrons. The summed E-state index contributed by atoms with van der Waals surface area (Å²) in [6, 6.07) is 6.72. The van der Waals surface area contributed by atoms with Gasteiger partial charge in [0.15, 0.2) is 11.3 Å². The monoisotopic (exact) mass is 529 g/mol. The van der Waals surface area contributed by atoms with Gasteiger partial charge in [-0.05, 0) is 24.3 Å². The first-order chi connectivity index (χ1) is 16.7. The van der Waals surface area contributed by atoms with E-state index in [-0.39, 0.29) is 22.5 Å². The molecule has 0 atom stereocenters. The number of amides is 1. The highest BCUT2D eigenvalue weighted by molar-refractivity contribution is 7.79. The molecule has 0 saturated carbocycles. The zero-order valence-corrected chi connectivity index (χ0v) is 18.1. The van der Waals surface area contributed by atoms with Gasteiger partial charge in [0.05, 0.1) is 11.6 Å². The van der Waals surface area contributed by atoms with Crippen LogP contribution in [0.1, 0.15) is 11.4 Å². The van der Waals surface area contributed by atoms with Crippen molar-refractivity contribution in [2.45, 2.75) is 12.7 Å². The summed E-state index contributed by atoms with van der Waals surface area (Å²) in [6.45, 7) is -0.574. The van der Waals surface area contributed by atoms with E-state index >= 15 is 0 Å². The summed E-state index contributed by atoms with van der Waals surface area (Å²) in [4.78, 5) is 32.5. The molecule has 188 valence electrons. The first kappa shape index (κ1) is 26.1. The lowest BCUT2D eigenvalue weighted by Gasteiger charge is -2.12. The number of halogens is 4. The van der Waals surface area contributed by atoms with Crippen LogP contribution in [0.15, 0.2) is 41.3 Å². The van der Waals surface area contributed by atoms with Crippen LogP contribution in [-0.2, 0) is 27.9 Å². The Hall–Kier alpha value is -4.47. The van der Waals surface area contributed by atoms with Crippen molar-refractivity contribution >= 4 is 38.8 Å². The van der Waals surface area contributed by atoms with Gasteiger partial charge in [-0.1, -0.05) is 0 Å². The van der Waals surface area contributed by atoms with Crippen molar-refractivity contribution in [3.05, 3.63) is 64.1 Å². The van der Waals surface area contributed by atoms with Crippen LogP contribution >= 0.6 is 0 Å². The first-order valence-corrected chi connectivity index (χ1v) is 10.6. The maximum Gasteiger partial charge on any atom is 0.433 e. The second-order valence-corrected chi connectivity index (χ2v) is 7.62. The molecule has 4 aromatic heterocycles. The Morgan fingerprint density at radius 1 is 1.19 bits per heavy atom. The Morgan fingerprint density at radius 3 is 2.42 bits per heavy atom. The molecule has 0 aliphatic rings. The van der Waals surface area contributed by atoms with Crippen LogP contribution in [0, 0.1) is 17.1 Å². The zero-order valence-electron chi connectivity index (χ0n) is 17.3. The molecular weight excluding hydrogens is 518 g/mol. The summed E-state index contributed by atoms with van der Waals surface area (Å²) >= 11 is 0. The highest BCUT2D eigenvalue weighted by Gasteiger charge is 2.33. The van der Waals surface area contributed by atoms with E-state index in [1.54, 1.807) is 6.07 Å². The summed E-state index contributed by atoms with van der Waals surface area (Å²) in [5.74, 6) is -1.31. The molecule has 0 unspecified atom stereocenters. The Labute approximate surface area is 196 Å². The molecular formula is C18H11F4N7O6S. The number of alkyl halides is 3. The summed E-state index contributed by atoms with van der Waals surface area (Å²) < 4.78 is 85.5. The van der Waals surface area contributed by atoms with Gasteiger partial charge in [0.1, 0.15) is 35.6 Å². The second-order valence-electron chi connectivity index (χ2n) is 6.73. The van der Waals surface area contributed by atoms with Crippen molar-refractivity contribution in [1.29, 1.82) is 5.26 Å². The third-order valence-corrected chi connectivity index (χ3v) is 4.22. The smallest absolute Gasteiger partial charge is 0.309 e. The average Bonchev–Trinajstić information content (AvgIpc) is 3.21. The number of pyridine rings is 2. The third-order valence-electron chi connectivity index (χ3n) is 4.22. The number of nitriles is 1. The molecule has 1 amide bonds. The lowest BCUT2D eigenvalue weighted by molar-refractivity contribution is -0.141. The van der Waals surface area contributed by atoms with E-state index in [0.29, 0.717) is 6.07 Å². The minimum atomic E-state index is -4.76. The third kappa shape index (κ3) is 6.15. The van der Waals surface area contributed by atoms with Crippen LogP contribution in [0.4, 0.5) is 23.4 Å². The summed E-state index contributed by atoms with van der Waals surface area (Å²) in [6.07, 6.45) is -3.88. The van der Waals surface area contributed by atoms with Crippen LogP contribution < -0.4 is 10.9 Å². The van der Waals surface area contributed by atoms with Crippen LogP contribution in [-0.4, -0.2) is 47.6 Å². The van der Waals surface area contributed by atoms with Gasteiger partial charge in [-0.3, -0.25) is 23.3 Å². The SMILES string of the molecule is N#Cc1cc2n(CC(=O)Nc3ccc(F)cn3)c(=O)c3ccc(C(F)(F)F)nc3n2n1.O=S(=O)(O)O. The first-order valence-electron chi connectivity index (χ1n) is 9.19. The van der Waals surface area contributed by atoms with E-state index in [4.69, 9.17) is 22.8 Å². The fraction of sp³-hybridized carbons (Fsp3) is 0.111. The summed E-state index contributed by atoms with van der Waals surface area (Å²) in [5, 5.41) is 15.1. The number of rotatable bonds is 3. The Kier molecular flexibility index (Phi) is 7.01. The molecule has 0 fully saturated rings. The molecule has 0 spiro atoms. The normalized spacial score (nSPS) is 11.6. The number of aromatic nitrogens is 5. The number of carbonyl (C=O) groups is 1. The van der Waals surface area contributed by atoms with E-state index in [1.807, 2.05) is 0 Å². The van der Waals surface area contributed by atoms with Crippen LogP contribution in [0.5, 0.6) is 0 Å². The van der Waals surface area contributed by atoms with E-state index < -0.39 is 51.7 Å². The highest BCUT2D eigenvalue weighted by atomic mass is 32.3. The molecule has 18 heteroatoms. The number of carbonyl (C=O) groups excluding carboxylic acids is 1. The van der Waals surface area contributed by atoms with E-state index in [2.05, 4.69) is 20.4 Å². The van der Waals surface area contributed by atoms with Crippen molar-refractivity contribution in [3.8, 4) is 6.07 Å². The van der Waals surface area contributed by atoms with Gasteiger partial charge in [0.2, 0.25) is 5.91 Å². The van der Waals surface area contributed by atoms with Gasteiger partial charge in [0.25, 0.3) is 5.56 Å². The van der Waals surface area contributed by atoms with E-state index in [9.17, 15) is 27.2 Å². The van der Waals surface area contributed by atoms with Crippen molar-refractivity contribution in [3.63, 3.8) is 0 Å². The van der Waals surface area contributed by atoms with Crippen LogP contribution in [0.25, 0.3) is 16.7 Å². The topological polar surface area (TPSA) is 193 Å². The Bertz CT molecular complexity index is 1670. The lowest BCUT2D eigenvalue weighted by Crippen LogP contribution is -2.30. The predicted molar refractivity (Wildman–Crippen MR) is 111 cm³/mol. The van der Waals surface area contributed by atoms with Gasteiger partial charge in [-0.25, -0.2) is 14.4 Å². The van der Waals surface area contributed by atoms with E-state index in [0.717, 1.165) is 33.5 Å². The molecule has 3 N–H and O–H groups in total. The van der Waals surface area contributed by atoms with Crippen LogP contribution in [0.3, 0.4) is 0 Å². The minimum absolute atomic E-state index is 0.0268. The lowest BCUT2D eigenvalue weighted by atomic mass is 10.2. The number of hydrogen-bond donors (Lipinski definition) is 3. The molecule has 0 aromatic carbocycles.